The first-order valence-corrected chi connectivity index (χ1v) is 7.93. The fourth-order valence-electron chi connectivity index (χ4n) is 2.61. The molecule has 3 nitrogen and oxygen atoms in total. The summed E-state index contributed by atoms with van der Waals surface area (Å²) in [6.07, 6.45) is -0.775. The molecule has 0 saturated heterocycles. The maximum absolute atomic E-state index is 13.6. The third-order valence-corrected chi connectivity index (χ3v) is 4.63. The Morgan fingerprint density at radius 3 is 2.32 bits per heavy atom. The normalized spacial score (nSPS) is 25.6. The highest BCUT2D eigenvalue weighted by molar-refractivity contribution is 9.10. The average Bonchev–Trinajstić information content (AvgIpc) is 2.86. The summed E-state index contributed by atoms with van der Waals surface area (Å²) in [5.74, 6) is -3.46. The first kappa shape index (κ1) is 17.3. The van der Waals surface area contributed by atoms with Crippen molar-refractivity contribution in [3.8, 4) is 0 Å². The largest absolute Gasteiger partial charge is 0.461 e. The number of alkyl halides is 2. The van der Waals surface area contributed by atoms with Crippen LogP contribution in [0.25, 0.3) is 0 Å². The average molecular weight is 376 g/mol. The van der Waals surface area contributed by atoms with Crippen molar-refractivity contribution in [1.29, 1.82) is 0 Å². The number of benzene rings is 1. The number of nitrogens with two attached hydrogens (primary N) is 1. The number of rotatable bonds is 5. The van der Waals surface area contributed by atoms with Crippen LogP contribution >= 0.6 is 15.9 Å². The van der Waals surface area contributed by atoms with E-state index in [1.165, 1.54) is 6.92 Å². The third-order valence-electron chi connectivity index (χ3n) is 4.11. The van der Waals surface area contributed by atoms with Crippen molar-refractivity contribution in [2.45, 2.75) is 51.2 Å². The van der Waals surface area contributed by atoms with Gasteiger partial charge in [0, 0.05) is 16.3 Å². The molecule has 22 heavy (non-hydrogen) atoms. The zero-order valence-electron chi connectivity index (χ0n) is 12.8. The SMILES string of the molecule is CC(C)OC(=O)C(N)(C[C@]1(C)CC1(F)F)c1ccc(Br)cc1. The number of carbonyl (C=O) groups is 1. The zero-order chi connectivity index (χ0) is 16.8. The second-order valence-electron chi connectivity index (χ2n) is 6.55. The first-order valence-electron chi connectivity index (χ1n) is 7.14. The molecule has 1 saturated carbocycles. The molecule has 2 atom stereocenters. The summed E-state index contributed by atoms with van der Waals surface area (Å²) in [4.78, 5) is 12.5. The fraction of sp³-hybridized carbons (Fsp3) is 0.562. The van der Waals surface area contributed by atoms with Crippen LogP contribution in [0, 0.1) is 5.41 Å². The molecule has 0 aliphatic heterocycles. The number of hydrogen-bond acceptors (Lipinski definition) is 3. The maximum Gasteiger partial charge on any atom is 0.331 e. The number of hydrogen-bond donors (Lipinski definition) is 1. The summed E-state index contributed by atoms with van der Waals surface area (Å²) < 4.78 is 33.2. The number of esters is 1. The molecule has 0 amide bonds. The van der Waals surface area contributed by atoms with Crippen LogP contribution in [0.4, 0.5) is 8.78 Å². The highest BCUT2D eigenvalue weighted by atomic mass is 79.9. The van der Waals surface area contributed by atoms with E-state index in [1.807, 2.05) is 0 Å². The zero-order valence-corrected chi connectivity index (χ0v) is 14.4. The minimum atomic E-state index is -2.79. The van der Waals surface area contributed by atoms with Crippen LogP contribution in [-0.4, -0.2) is 18.0 Å². The second kappa shape index (κ2) is 5.57. The Bertz CT molecular complexity index is 576. The predicted molar refractivity (Wildman–Crippen MR) is 83.5 cm³/mol. The molecule has 1 unspecified atom stereocenters. The van der Waals surface area contributed by atoms with Gasteiger partial charge in [-0.1, -0.05) is 35.0 Å². The molecule has 6 heteroatoms. The number of ether oxygens (including phenoxy) is 1. The lowest BCUT2D eigenvalue weighted by Crippen LogP contribution is -2.49. The van der Waals surface area contributed by atoms with E-state index in [4.69, 9.17) is 10.5 Å². The molecule has 2 rings (SSSR count). The van der Waals surface area contributed by atoms with Gasteiger partial charge in [-0.25, -0.2) is 13.6 Å². The topological polar surface area (TPSA) is 52.3 Å². The Balaban J connectivity index is 2.36. The van der Waals surface area contributed by atoms with Crippen LogP contribution in [0.15, 0.2) is 28.7 Å². The van der Waals surface area contributed by atoms with Crippen LogP contribution in [0.3, 0.4) is 0 Å². The molecule has 1 aliphatic carbocycles. The summed E-state index contributed by atoms with van der Waals surface area (Å²) in [6, 6.07) is 6.78. The van der Waals surface area contributed by atoms with E-state index < -0.39 is 22.8 Å². The second-order valence-corrected chi connectivity index (χ2v) is 7.47. The van der Waals surface area contributed by atoms with E-state index in [-0.39, 0.29) is 18.9 Å². The standard InChI is InChI=1S/C16H20BrF2NO2/c1-10(2)22-13(21)15(20,8-14(3)9-16(14,18)19)11-4-6-12(17)7-5-11/h4-7,10H,8-9,20H2,1-3H3/t14-,15?/m1/s1. The van der Waals surface area contributed by atoms with E-state index in [0.29, 0.717) is 5.56 Å². The van der Waals surface area contributed by atoms with Crippen LogP contribution < -0.4 is 5.73 Å². The van der Waals surface area contributed by atoms with Gasteiger partial charge in [-0.2, -0.15) is 0 Å². The minimum absolute atomic E-state index is 0.153. The Labute approximate surface area is 137 Å². The maximum atomic E-state index is 13.6. The Morgan fingerprint density at radius 2 is 1.91 bits per heavy atom. The van der Waals surface area contributed by atoms with E-state index >= 15 is 0 Å². The summed E-state index contributed by atoms with van der Waals surface area (Å²) >= 11 is 3.30. The number of halogens is 3. The van der Waals surface area contributed by atoms with Gasteiger partial charge in [0.05, 0.1) is 6.10 Å². The Morgan fingerprint density at radius 1 is 1.41 bits per heavy atom. The molecule has 1 aromatic rings. The molecular weight excluding hydrogens is 356 g/mol. The van der Waals surface area contributed by atoms with E-state index in [9.17, 15) is 13.6 Å². The molecule has 0 heterocycles. The van der Waals surface area contributed by atoms with Gasteiger partial charge in [0.15, 0.2) is 0 Å². The lowest BCUT2D eigenvalue weighted by Gasteiger charge is -2.31. The van der Waals surface area contributed by atoms with Gasteiger partial charge in [-0.05, 0) is 38.0 Å². The van der Waals surface area contributed by atoms with Crippen molar-refractivity contribution in [1.82, 2.24) is 0 Å². The van der Waals surface area contributed by atoms with Gasteiger partial charge in [0.2, 0.25) is 0 Å². The van der Waals surface area contributed by atoms with Crippen LogP contribution in [0.1, 0.15) is 39.2 Å². The highest BCUT2D eigenvalue weighted by Gasteiger charge is 2.70. The Kier molecular flexibility index (Phi) is 4.39. The van der Waals surface area contributed by atoms with Gasteiger partial charge in [-0.15, -0.1) is 0 Å². The molecule has 0 aromatic heterocycles. The molecule has 0 bridgehead atoms. The van der Waals surface area contributed by atoms with Gasteiger partial charge in [0.1, 0.15) is 5.54 Å². The smallest absolute Gasteiger partial charge is 0.331 e. The molecule has 1 aliphatic rings. The molecule has 0 radical (unpaired) electrons. The molecule has 1 aromatic carbocycles. The van der Waals surface area contributed by atoms with Crippen molar-refractivity contribution in [2.75, 3.05) is 0 Å². The third kappa shape index (κ3) is 3.18. The van der Waals surface area contributed by atoms with Crippen molar-refractivity contribution >= 4 is 21.9 Å². The van der Waals surface area contributed by atoms with E-state index in [2.05, 4.69) is 15.9 Å². The van der Waals surface area contributed by atoms with Crippen molar-refractivity contribution < 1.29 is 18.3 Å². The van der Waals surface area contributed by atoms with Crippen LogP contribution in [0.2, 0.25) is 0 Å². The van der Waals surface area contributed by atoms with E-state index in [1.54, 1.807) is 38.1 Å². The van der Waals surface area contributed by atoms with Gasteiger partial charge in [0.25, 0.3) is 5.92 Å². The molecule has 0 spiro atoms. The lowest BCUT2D eigenvalue weighted by molar-refractivity contribution is -0.156. The molecule has 122 valence electrons. The molecular formula is C16H20BrF2NO2. The highest BCUT2D eigenvalue weighted by Crippen LogP contribution is 2.64. The molecule has 2 N–H and O–H groups in total. The quantitative estimate of drug-likeness (QED) is 0.791. The van der Waals surface area contributed by atoms with Crippen molar-refractivity contribution in [2.24, 2.45) is 11.1 Å². The molecule has 1 fully saturated rings. The van der Waals surface area contributed by atoms with Crippen LogP contribution in [0.5, 0.6) is 0 Å². The number of carbonyl (C=O) groups excluding carboxylic acids is 1. The first-order chi connectivity index (χ1) is 10.0. The minimum Gasteiger partial charge on any atom is -0.461 e. The van der Waals surface area contributed by atoms with Crippen molar-refractivity contribution in [3.63, 3.8) is 0 Å². The summed E-state index contributed by atoms with van der Waals surface area (Å²) in [5.41, 5.74) is 3.91. The monoisotopic (exact) mass is 375 g/mol. The summed E-state index contributed by atoms with van der Waals surface area (Å²) in [6.45, 7) is 4.86. The lowest BCUT2D eigenvalue weighted by atomic mass is 9.81. The van der Waals surface area contributed by atoms with Gasteiger partial charge < -0.3 is 10.5 Å². The summed E-state index contributed by atoms with van der Waals surface area (Å²) in [7, 11) is 0. The fourth-order valence-corrected chi connectivity index (χ4v) is 2.88. The van der Waals surface area contributed by atoms with Gasteiger partial charge >= 0.3 is 5.97 Å². The van der Waals surface area contributed by atoms with Crippen LogP contribution in [-0.2, 0) is 15.1 Å². The Hall–Kier alpha value is -1.01. The van der Waals surface area contributed by atoms with Crippen molar-refractivity contribution in [3.05, 3.63) is 34.3 Å². The summed E-state index contributed by atoms with van der Waals surface area (Å²) in [5, 5.41) is 0. The van der Waals surface area contributed by atoms with Gasteiger partial charge in [-0.3, -0.25) is 0 Å². The van der Waals surface area contributed by atoms with E-state index in [0.717, 1.165) is 4.47 Å². The predicted octanol–water partition coefficient (Wildman–Crippen LogP) is 3.99.